The third-order valence-corrected chi connectivity index (χ3v) is 8.40. The number of thioether (sulfide) groups is 1. The maximum atomic E-state index is 14.0. The van der Waals surface area contributed by atoms with E-state index >= 15 is 0 Å². The van der Waals surface area contributed by atoms with Crippen LogP contribution in [0.1, 0.15) is 24.5 Å². The molecule has 1 aliphatic heterocycles. The van der Waals surface area contributed by atoms with Gasteiger partial charge >= 0.3 is 0 Å². The number of hydrazone groups is 1. The van der Waals surface area contributed by atoms with Gasteiger partial charge < -0.3 is 4.74 Å². The standard InChI is InChI=1S/C36H31ClN4O2S/c1-3-20-43-34-19-16-26(22-32(34)37)35-27(23-40(39-35)28-10-6-4-7-11-28)21-31-33(24-44-30-17-14-25(2)15-18-30)38-41(36(31)42)29-12-8-5-9-13-29/h4-19,21-23H,3,20,24H2,1-2H3/b31-21-. The van der Waals surface area contributed by atoms with E-state index in [2.05, 4.69) is 38.1 Å². The first-order chi connectivity index (χ1) is 21.5. The Balaban J connectivity index is 1.43. The topological polar surface area (TPSA) is 59.7 Å². The zero-order chi connectivity index (χ0) is 30.5. The fourth-order valence-corrected chi connectivity index (χ4v) is 5.88. The molecule has 0 spiro atoms. The highest BCUT2D eigenvalue weighted by atomic mass is 35.5. The van der Waals surface area contributed by atoms with Crippen molar-refractivity contribution in [2.24, 2.45) is 5.10 Å². The van der Waals surface area contributed by atoms with Crippen LogP contribution >= 0.6 is 23.4 Å². The number of carbonyl (C=O) groups excluding carboxylic acids is 1. The third kappa shape index (κ3) is 6.49. The SMILES string of the molecule is CCCOc1ccc(-c2nn(-c3ccccc3)cc2/C=C2\C(=O)N(c3ccccc3)N=C2CSc2ccc(C)cc2)cc1Cl. The second kappa shape index (κ2) is 13.4. The molecule has 1 amide bonds. The second-order valence-corrected chi connectivity index (χ2v) is 11.8. The molecule has 44 heavy (non-hydrogen) atoms. The molecule has 6 rings (SSSR count). The number of amides is 1. The van der Waals surface area contributed by atoms with Gasteiger partial charge in [-0.15, -0.1) is 11.8 Å². The first-order valence-electron chi connectivity index (χ1n) is 14.5. The number of carbonyl (C=O) groups is 1. The Labute approximate surface area is 266 Å². The summed E-state index contributed by atoms with van der Waals surface area (Å²) in [4.78, 5) is 15.1. The molecular formula is C36H31ClN4O2S. The average Bonchev–Trinajstić information content (AvgIpc) is 3.62. The maximum Gasteiger partial charge on any atom is 0.280 e. The molecule has 0 aliphatic carbocycles. The summed E-state index contributed by atoms with van der Waals surface area (Å²) in [5.41, 5.74) is 6.33. The lowest BCUT2D eigenvalue weighted by atomic mass is 10.0. The molecule has 0 N–H and O–H groups in total. The number of hydrogen-bond acceptors (Lipinski definition) is 5. The number of nitrogens with zero attached hydrogens (tertiary/aromatic N) is 4. The molecule has 0 saturated heterocycles. The molecule has 0 unspecified atom stereocenters. The molecule has 0 fully saturated rings. The predicted molar refractivity (Wildman–Crippen MR) is 181 cm³/mol. The van der Waals surface area contributed by atoms with E-state index < -0.39 is 0 Å². The summed E-state index contributed by atoms with van der Waals surface area (Å²) < 4.78 is 7.63. The van der Waals surface area contributed by atoms with E-state index in [0.29, 0.717) is 45.8 Å². The van der Waals surface area contributed by atoms with Crippen molar-refractivity contribution in [3.8, 4) is 22.7 Å². The number of anilines is 1. The monoisotopic (exact) mass is 618 g/mol. The molecule has 1 aromatic heterocycles. The summed E-state index contributed by atoms with van der Waals surface area (Å²) >= 11 is 8.30. The van der Waals surface area contributed by atoms with E-state index in [1.54, 1.807) is 11.8 Å². The number of para-hydroxylation sites is 2. The van der Waals surface area contributed by atoms with Crippen LogP contribution in [0.3, 0.4) is 0 Å². The largest absolute Gasteiger partial charge is 0.492 e. The van der Waals surface area contributed by atoms with Gasteiger partial charge in [-0.1, -0.05) is 72.6 Å². The van der Waals surface area contributed by atoms with Gasteiger partial charge in [0.25, 0.3) is 5.91 Å². The number of benzene rings is 4. The molecule has 4 aromatic carbocycles. The van der Waals surface area contributed by atoms with Gasteiger partial charge in [0.2, 0.25) is 0 Å². The Kier molecular flexibility index (Phi) is 8.96. The first kappa shape index (κ1) is 29.5. The predicted octanol–water partition coefficient (Wildman–Crippen LogP) is 8.87. The summed E-state index contributed by atoms with van der Waals surface area (Å²) in [6.07, 6.45) is 4.73. The van der Waals surface area contributed by atoms with Gasteiger partial charge in [-0.3, -0.25) is 4.79 Å². The fourth-order valence-electron chi connectivity index (χ4n) is 4.80. The van der Waals surface area contributed by atoms with Crippen molar-refractivity contribution in [2.75, 3.05) is 17.4 Å². The zero-order valence-corrected chi connectivity index (χ0v) is 26.1. The van der Waals surface area contributed by atoms with Crippen LogP contribution in [-0.4, -0.2) is 33.8 Å². The third-order valence-electron chi connectivity index (χ3n) is 7.08. The van der Waals surface area contributed by atoms with Crippen molar-refractivity contribution in [2.45, 2.75) is 25.2 Å². The normalized spacial score (nSPS) is 13.9. The number of rotatable bonds is 10. The second-order valence-electron chi connectivity index (χ2n) is 10.4. The van der Waals surface area contributed by atoms with Crippen LogP contribution in [0, 0.1) is 6.92 Å². The van der Waals surface area contributed by atoms with Crippen molar-refractivity contribution in [1.29, 1.82) is 0 Å². The Morgan fingerprint density at radius 3 is 2.30 bits per heavy atom. The van der Waals surface area contributed by atoms with E-state index in [-0.39, 0.29) is 5.91 Å². The summed E-state index contributed by atoms with van der Waals surface area (Å²) in [6, 6.07) is 33.4. The van der Waals surface area contributed by atoms with Crippen molar-refractivity contribution >= 4 is 46.7 Å². The maximum absolute atomic E-state index is 14.0. The lowest BCUT2D eigenvalue weighted by Gasteiger charge is -2.11. The molecule has 2 heterocycles. The van der Waals surface area contributed by atoms with Crippen LogP contribution in [0.2, 0.25) is 5.02 Å². The Morgan fingerprint density at radius 2 is 1.61 bits per heavy atom. The number of halogens is 1. The van der Waals surface area contributed by atoms with Gasteiger partial charge in [0.05, 0.1) is 34.3 Å². The highest BCUT2D eigenvalue weighted by Gasteiger charge is 2.31. The number of hydrogen-bond donors (Lipinski definition) is 0. The van der Waals surface area contributed by atoms with Crippen LogP contribution in [-0.2, 0) is 4.79 Å². The lowest BCUT2D eigenvalue weighted by molar-refractivity contribution is -0.114. The first-order valence-corrected chi connectivity index (χ1v) is 15.8. The van der Waals surface area contributed by atoms with Crippen molar-refractivity contribution in [3.05, 3.63) is 131 Å². The van der Waals surface area contributed by atoms with Gasteiger partial charge in [0.15, 0.2) is 0 Å². The van der Waals surface area contributed by atoms with E-state index in [1.165, 1.54) is 10.6 Å². The summed E-state index contributed by atoms with van der Waals surface area (Å²) in [6.45, 7) is 4.71. The minimum absolute atomic E-state index is 0.185. The number of aromatic nitrogens is 2. The highest BCUT2D eigenvalue weighted by Crippen LogP contribution is 2.34. The van der Waals surface area contributed by atoms with E-state index in [4.69, 9.17) is 26.5 Å². The summed E-state index contributed by atoms with van der Waals surface area (Å²) in [7, 11) is 0. The van der Waals surface area contributed by atoms with Gasteiger partial charge in [-0.2, -0.15) is 15.2 Å². The van der Waals surface area contributed by atoms with E-state index in [9.17, 15) is 4.79 Å². The quantitative estimate of drug-likeness (QED) is 0.116. The van der Waals surface area contributed by atoms with Crippen LogP contribution in [0.25, 0.3) is 23.0 Å². The molecule has 220 valence electrons. The van der Waals surface area contributed by atoms with Crippen LogP contribution in [0.4, 0.5) is 5.69 Å². The molecular weight excluding hydrogens is 588 g/mol. The van der Waals surface area contributed by atoms with Gasteiger partial charge in [0.1, 0.15) is 11.4 Å². The van der Waals surface area contributed by atoms with Crippen molar-refractivity contribution in [1.82, 2.24) is 9.78 Å². The van der Waals surface area contributed by atoms with E-state index in [0.717, 1.165) is 28.1 Å². The number of aryl methyl sites for hydroxylation is 1. The highest BCUT2D eigenvalue weighted by molar-refractivity contribution is 8.00. The number of ether oxygens (including phenoxy) is 1. The molecule has 5 aromatic rings. The zero-order valence-electron chi connectivity index (χ0n) is 24.5. The molecule has 0 bridgehead atoms. The molecule has 1 aliphatic rings. The fraction of sp³-hybridized carbons (Fsp3) is 0.139. The summed E-state index contributed by atoms with van der Waals surface area (Å²) in [5.74, 6) is 0.976. The van der Waals surface area contributed by atoms with Gasteiger partial charge in [-0.05, 0) is 74.0 Å². The van der Waals surface area contributed by atoms with Crippen LogP contribution < -0.4 is 9.75 Å². The molecule has 0 saturated carbocycles. The smallest absolute Gasteiger partial charge is 0.280 e. The van der Waals surface area contributed by atoms with Crippen molar-refractivity contribution in [3.63, 3.8) is 0 Å². The summed E-state index contributed by atoms with van der Waals surface area (Å²) in [5, 5.41) is 11.8. The lowest BCUT2D eigenvalue weighted by Crippen LogP contribution is -2.21. The Morgan fingerprint density at radius 1 is 0.909 bits per heavy atom. The Hall–Kier alpha value is -4.59. The van der Waals surface area contributed by atoms with Crippen LogP contribution in [0.15, 0.2) is 125 Å². The van der Waals surface area contributed by atoms with Gasteiger partial charge in [0, 0.05) is 28.0 Å². The average molecular weight is 619 g/mol. The molecule has 6 nitrogen and oxygen atoms in total. The minimum Gasteiger partial charge on any atom is -0.492 e. The van der Waals surface area contributed by atoms with E-state index in [1.807, 2.05) is 95.8 Å². The van der Waals surface area contributed by atoms with Gasteiger partial charge in [-0.25, -0.2) is 4.68 Å². The Bertz CT molecular complexity index is 1830. The molecule has 0 radical (unpaired) electrons. The minimum atomic E-state index is -0.185. The molecule has 0 atom stereocenters. The van der Waals surface area contributed by atoms with Crippen molar-refractivity contribution < 1.29 is 9.53 Å². The molecule has 8 heteroatoms. The van der Waals surface area contributed by atoms with Crippen LogP contribution in [0.5, 0.6) is 5.75 Å².